The molecule has 1 aromatic heterocycles. The summed E-state index contributed by atoms with van der Waals surface area (Å²) in [5.41, 5.74) is 3.35. The maximum atomic E-state index is 5.91. The van der Waals surface area contributed by atoms with Gasteiger partial charge in [-0.3, -0.25) is 9.47 Å². The molecule has 2 heterocycles. The molecule has 6 heteroatoms. The molecule has 3 aromatic rings. The second kappa shape index (κ2) is 9.25. The highest BCUT2D eigenvalue weighted by Crippen LogP contribution is 2.23. The maximum Gasteiger partial charge on any atom is 0.204 e. The van der Waals surface area contributed by atoms with Gasteiger partial charge >= 0.3 is 0 Å². The Balaban J connectivity index is 1.63. The Labute approximate surface area is 184 Å². The fourth-order valence-corrected chi connectivity index (χ4v) is 4.38. The normalized spacial score (nSPS) is 15.7. The zero-order valence-corrected chi connectivity index (χ0v) is 19.0. The summed E-state index contributed by atoms with van der Waals surface area (Å²) in [6.45, 7) is 12.9. The number of benzene rings is 2. The minimum Gasteiger partial charge on any atom is -0.301 e. The van der Waals surface area contributed by atoms with Crippen molar-refractivity contribution in [1.82, 2.24) is 24.1 Å². The second-order valence-corrected chi connectivity index (χ2v) is 8.97. The Hall–Kier alpha value is -2.28. The minimum absolute atomic E-state index is 0.712. The van der Waals surface area contributed by atoms with Crippen molar-refractivity contribution in [3.8, 4) is 17.1 Å². The molecule has 0 aliphatic carbocycles. The molecule has 0 unspecified atom stereocenters. The van der Waals surface area contributed by atoms with Crippen molar-refractivity contribution >= 4 is 12.2 Å². The largest absolute Gasteiger partial charge is 0.301 e. The number of piperazine rings is 1. The third-order valence-corrected chi connectivity index (χ3v) is 5.95. The van der Waals surface area contributed by atoms with Crippen LogP contribution >= 0.6 is 12.2 Å². The number of nitrogens with zero attached hydrogens (tertiary/aromatic N) is 5. The average molecular weight is 422 g/mol. The van der Waals surface area contributed by atoms with Gasteiger partial charge in [0, 0.05) is 38.3 Å². The monoisotopic (exact) mass is 421 g/mol. The van der Waals surface area contributed by atoms with Gasteiger partial charge in [0.25, 0.3) is 0 Å². The molecule has 5 nitrogen and oxygen atoms in total. The fourth-order valence-electron chi connectivity index (χ4n) is 4.09. The molecule has 30 heavy (non-hydrogen) atoms. The zero-order valence-electron chi connectivity index (χ0n) is 18.2. The van der Waals surface area contributed by atoms with Gasteiger partial charge in [0.1, 0.15) is 0 Å². The molecule has 0 atom stereocenters. The van der Waals surface area contributed by atoms with Gasteiger partial charge in [-0.25, -0.2) is 4.68 Å². The van der Waals surface area contributed by atoms with Gasteiger partial charge < -0.3 is 4.90 Å². The summed E-state index contributed by atoms with van der Waals surface area (Å²) in [6, 6.07) is 18.8. The highest BCUT2D eigenvalue weighted by atomic mass is 32.1. The van der Waals surface area contributed by atoms with E-state index in [1.54, 1.807) is 0 Å². The first kappa shape index (κ1) is 21.0. The van der Waals surface area contributed by atoms with E-state index in [1.165, 1.54) is 12.1 Å². The molecule has 0 spiro atoms. The van der Waals surface area contributed by atoms with E-state index in [1.807, 2.05) is 22.9 Å². The third-order valence-electron chi connectivity index (χ3n) is 5.55. The van der Waals surface area contributed by atoms with E-state index in [0.717, 1.165) is 54.7 Å². The molecule has 4 rings (SSSR count). The van der Waals surface area contributed by atoms with E-state index in [0.29, 0.717) is 5.92 Å². The van der Waals surface area contributed by atoms with Crippen LogP contribution in [0, 0.1) is 17.6 Å². The van der Waals surface area contributed by atoms with Gasteiger partial charge in [-0.05, 0) is 42.8 Å². The SMILES string of the molecule is Cc1cccc(-n2c(-c3ccccc3)nn(CN3CCN(CC(C)C)CC3)c2=S)c1. The Morgan fingerprint density at radius 2 is 1.63 bits per heavy atom. The van der Waals surface area contributed by atoms with Gasteiger partial charge in [0.05, 0.1) is 12.4 Å². The summed E-state index contributed by atoms with van der Waals surface area (Å²) in [5, 5.41) is 4.97. The van der Waals surface area contributed by atoms with Crippen LogP contribution in [0.2, 0.25) is 0 Å². The Kier molecular flexibility index (Phi) is 6.46. The first-order valence-electron chi connectivity index (χ1n) is 10.8. The minimum atomic E-state index is 0.712. The Bertz CT molecular complexity index is 1030. The highest BCUT2D eigenvalue weighted by Gasteiger charge is 2.20. The van der Waals surface area contributed by atoms with Crippen LogP contribution in [0.3, 0.4) is 0 Å². The lowest BCUT2D eigenvalue weighted by Gasteiger charge is -2.35. The van der Waals surface area contributed by atoms with Gasteiger partial charge in [-0.2, -0.15) is 0 Å². The molecule has 1 fully saturated rings. The molecule has 0 bridgehead atoms. The van der Waals surface area contributed by atoms with Crippen molar-refractivity contribution in [1.29, 1.82) is 0 Å². The third kappa shape index (κ3) is 4.72. The summed E-state index contributed by atoms with van der Waals surface area (Å²) < 4.78 is 4.83. The molecule has 1 saturated heterocycles. The summed E-state index contributed by atoms with van der Waals surface area (Å²) in [5.74, 6) is 1.60. The van der Waals surface area contributed by atoms with Crippen LogP contribution in [-0.2, 0) is 6.67 Å². The van der Waals surface area contributed by atoms with Crippen molar-refractivity contribution in [2.24, 2.45) is 5.92 Å². The van der Waals surface area contributed by atoms with E-state index < -0.39 is 0 Å². The molecule has 2 aromatic carbocycles. The zero-order chi connectivity index (χ0) is 21.1. The molecular weight excluding hydrogens is 390 g/mol. The second-order valence-electron chi connectivity index (χ2n) is 8.60. The van der Waals surface area contributed by atoms with Crippen molar-refractivity contribution in [3.05, 3.63) is 64.9 Å². The van der Waals surface area contributed by atoms with Crippen LogP contribution in [0.1, 0.15) is 19.4 Å². The summed E-state index contributed by atoms with van der Waals surface area (Å²) in [7, 11) is 0. The standard InChI is InChI=1S/C24H31N5S/c1-19(2)17-26-12-14-27(15-13-26)18-28-24(30)29(22-11-7-8-20(3)16-22)23(25-28)21-9-5-4-6-10-21/h4-11,16,19H,12-15,17-18H2,1-3H3. The lowest BCUT2D eigenvalue weighted by atomic mass is 10.2. The van der Waals surface area contributed by atoms with Gasteiger partial charge in [-0.15, -0.1) is 5.10 Å². The fraction of sp³-hybridized carbons (Fsp3) is 0.417. The molecule has 158 valence electrons. The molecule has 0 amide bonds. The van der Waals surface area contributed by atoms with Crippen LogP contribution in [0.15, 0.2) is 54.6 Å². The summed E-state index contributed by atoms with van der Waals surface area (Å²) in [4.78, 5) is 5.01. The van der Waals surface area contributed by atoms with Crippen molar-refractivity contribution in [2.45, 2.75) is 27.4 Å². The first-order valence-corrected chi connectivity index (χ1v) is 11.2. The quantitative estimate of drug-likeness (QED) is 0.544. The predicted octanol–water partition coefficient (Wildman–Crippen LogP) is 4.61. The lowest BCUT2D eigenvalue weighted by Crippen LogP contribution is -2.47. The van der Waals surface area contributed by atoms with Crippen LogP contribution in [0.4, 0.5) is 0 Å². The molecule has 0 N–H and O–H groups in total. The van der Waals surface area contributed by atoms with Crippen molar-refractivity contribution in [2.75, 3.05) is 32.7 Å². The smallest absolute Gasteiger partial charge is 0.204 e. The van der Waals surface area contributed by atoms with E-state index in [9.17, 15) is 0 Å². The van der Waals surface area contributed by atoms with Crippen molar-refractivity contribution in [3.63, 3.8) is 0 Å². The van der Waals surface area contributed by atoms with E-state index in [2.05, 4.69) is 71.5 Å². The van der Waals surface area contributed by atoms with Gasteiger partial charge in [0.15, 0.2) is 5.82 Å². The molecule has 1 aliphatic heterocycles. The van der Waals surface area contributed by atoms with E-state index >= 15 is 0 Å². The van der Waals surface area contributed by atoms with E-state index in [4.69, 9.17) is 17.3 Å². The van der Waals surface area contributed by atoms with E-state index in [-0.39, 0.29) is 0 Å². The van der Waals surface area contributed by atoms with Crippen LogP contribution < -0.4 is 0 Å². The van der Waals surface area contributed by atoms with Crippen LogP contribution in [-0.4, -0.2) is 56.9 Å². The molecular formula is C24H31N5S. The highest BCUT2D eigenvalue weighted by molar-refractivity contribution is 7.71. The van der Waals surface area contributed by atoms with Crippen LogP contribution in [0.5, 0.6) is 0 Å². The average Bonchev–Trinajstić information content (AvgIpc) is 3.06. The molecule has 1 aliphatic rings. The lowest BCUT2D eigenvalue weighted by molar-refractivity contribution is 0.0951. The Morgan fingerprint density at radius 1 is 0.933 bits per heavy atom. The number of rotatable bonds is 6. The maximum absolute atomic E-state index is 5.91. The Morgan fingerprint density at radius 3 is 2.30 bits per heavy atom. The van der Waals surface area contributed by atoms with Gasteiger partial charge in [0.2, 0.25) is 4.77 Å². The topological polar surface area (TPSA) is 29.2 Å². The number of hydrogen-bond acceptors (Lipinski definition) is 4. The summed E-state index contributed by atoms with van der Waals surface area (Å²) in [6.07, 6.45) is 0. The van der Waals surface area contributed by atoms with Crippen LogP contribution in [0.25, 0.3) is 17.1 Å². The molecule has 0 saturated carbocycles. The molecule has 0 radical (unpaired) electrons. The predicted molar refractivity (Wildman–Crippen MR) is 125 cm³/mol. The van der Waals surface area contributed by atoms with Gasteiger partial charge in [-0.1, -0.05) is 56.3 Å². The first-order chi connectivity index (χ1) is 14.5. The number of aryl methyl sites for hydroxylation is 1. The summed E-state index contributed by atoms with van der Waals surface area (Å²) >= 11 is 5.91. The number of hydrogen-bond donors (Lipinski definition) is 0. The van der Waals surface area contributed by atoms with Crippen molar-refractivity contribution < 1.29 is 0 Å². The number of aromatic nitrogens is 3.